The van der Waals surface area contributed by atoms with Gasteiger partial charge in [-0.05, 0) is 56.2 Å². The Bertz CT molecular complexity index is 697. The topological polar surface area (TPSA) is 0 Å². The van der Waals surface area contributed by atoms with Gasteiger partial charge in [-0.2, -0.15) is 0 Å². The van der Waals surface area contributed by atoms with Crippen LogP contribution in [-0.2, 0) is 6.42 Å². The van der Waals surface area contributed by atoms with Gasteiger partial charge in [0.2, 0.25) is 0 Å². The van der Waals surface area contributed by atoms with Crippen LogP contribution in [0.3, 0.4) is 0 Å². The fourth-order valence-corrected chi connectivity index (χ4v) is 2.97. The summed E-state index contributed by atoms with van der Waals surface area (Å²) in [4.78, 5) is 0. The number of allylic oxidation sites excluding steroid dienone is 4. The van der Waals surface area contributed by atoms with Gasteiger partial charge in [0.05, 0.1) is 0 Å². The molecule has 24 heavy (non-hydrogen) atoms. The molecule has 0 unspecified atom stereocenters. The molecule has 0 bridgehead atoms. The molecule has 0 amide bonds. The van der Waals surface area contributed by atoms with Crippen molar-refractivity contribution < 1.29 is 0 Å². The molecular formula is C24H28. The summed E-state index contributed by atoms with van der Waals surface area (Å²) in [6.45, 7) is 12.2. The molecule has 0 spiro atoms. The number of hydrogen-bond acceptors (Lipinski definition) is 0. The fraction of sp³-hybridized carbons (Fsp3) is 0.250. The first kappa shape index (κ1) is 18.0. The lowest BCUT2D eigenvalue weighted by Gasteiger charge is -2.15. The van der Waals surface area contributed by atoms with Crippen LogP contribution in [0.2, 0.25) is 0 Å². The van der Waals surface area contributed by atoms with Crippen molar-refractivity contribution in [3.05, 3.63) is 102 Å². The van der Waals surface area contributed by atoms with E-state index in [0.717, 1.165) is 25.7 Å². The zero-order valence-corrected chi connectivity index (χ0v) is 15.0. The maximum absolute atomic E-state index is 3.96. The van der Waals surface area contributed by atoms with Crippen molar-refractivity contribution in [2.45, 2.75) is 39.5 Å². The van der Waals surface area contributed by atoms with Crippen molar-refractivity contribution in [1.29, 1.82) is 0 Å². The molecule has 2 aromatic rings. The van der Waals surface area contributed by atoms with Crippen LogP contribution < -0.4 is 0 Å². The molecule has 0 N–H and O–H groups in total. The highest BCUT2D eigenvalue weighted by molar-refractivity contribution is 5.70. The molecule has 0 aliphatic heterocycles. The summed E-state index contributed by atoms with van der Waals surface area (Å²) < 4.78 is 0. The van der Waals surface area contributed by atoms with Crippen LogP contribution in [0.4, 0.5) is 0 Å². The van der Waals surface area contributed by atoms with Crippen molar-refractivity contribution in [3.8, 4) is 0 Å². The summed E-state index contributed by atoms with van der Waals surface area (Å²) in [5, 5.41) is 0. The van der Waals surface area contributed by atoms with Crippen LogP contribution in [0.1, 0.15) is 41.5 Å². The quantitative estimate of drug-likeness (QED) is 0.467. The van der Waals surface area contributed by atoms with E-state index in [1.54, 1.807) is 0 Å². The minimum absolute atomic E-state index is 0.903. The average molecular weight is 316 g/mol. The lowest BCUT2D eigenvalue weighted by molar-refractivity contribution is 0.908. The van der Waals surface area contributed by atoms with Gasteiger partial charge in [0.1, 0.15) is 0 Å². The lowest BCUT2D eigenvalue weighted by atomic mass is 9.90. The molecule has 2 rings (SSSR count). The fourth-order valence-electron chi connectivity index (χ4n) is 2.97. The van der Waals surface area contributed by atoms with Gasteiger partial charge in [0.25, 0.3) is 0 Å². The van der Waals surface area contributed by atoms with Crippen molar-refractivity contribution in [3.63, 3.8) is 0 Å². The van der Waals surface area contributed by atoms with Crippen molar-refractivity contribution >= 4 is 5.57 Å². The summed E-state index contributed by atoms with van der Waals surface area (Å²) >= 11 is 0. The lowest BCUT2D eigenvalue weighted by Crippen LogP contribution is -1.95. The van der Waals surface area contributed by atoms with E-state index in [4.69, 9.17) is 0 Å². The molecule has 0 aliphatic carbocycles. The number of benzene rings is 2. The molecule has 0 saturated carbocycles. The molecule has 0 heteroatoms. The van der Waals surface area contributed by atoms with Crippen LogP contribution in [0.15, 0.2) is 79.4 Å². The molecule has 124 valence electrons. The summed E-state index contributed by atoms with van der Waals surface area (Å²) in [5.41, 5.74) is 8.17. The van der Waals surface area contributed by atoms with E-state index in [1.165, 1.54) is 33.4 Å². The molecular weight excluding hydrogens is 288 g/mol. The Morgan fingerprint density at radius 2 is 1.33 bits per heavy atom. The third-order valence-electron chi connectivity index (χ3n) is 4.40. The summed E-state index contributed by atoms with van der Waals surface area (Å²) in [6.07, 6.45) is 7.98. The van der Waals surface area contributed by atoms with E-state index in [0.29, 0.717) is 0 Å². The molecule has 0 fully saturated rings. The normalized spacial score (nSPS) is 11.8. The van der Waals surface area contributed by atoms with E-state index in [9.17, 15) is 0 Å². The monoisotopic (exact) mass is 316 g/mol. The van der Waals surface area contributed by atoms with E-state index in [-0.39, 0.29) is 0 Å². The van der Waals surface area contributed by atoms with Gasteiger partial charge in [0.15, 0.2) is 0 Å². The van der Waals surface area contributed by atoms with Crippen LogP contribution in [-0.4, -0.2) is 0 Å². The molecule has 0 heterocycles. The highest BCUT2D eigenvalue weighted by atomic mass is 14.1. The van der Waals surface area contributed by atoms with E-state index in [1.807, 2.05) is 12.2 Å². The minimum Gasteiger partial charge on any atom is -0.103 e. The van der Waals surface area contributed by atoms with E-state index in [2.05, 4.69) is 75.5 Å². The number of rotatable bonds is 8. The predicted octanol–water partition coefficient (Wildman–Crippen LogP) is 6.84. The van der Waals surface area contributed by atoms with Gasteiger partial charge in [-0.3, -0.25) is 0 Å². The van der Waals surface area contributed by atoms with Crippen molar-refractivity contribution in [1.82, 2.24) is 0 Å². The summed E-state index contributed by atoms with van der Waals surface area (Å²) in [6, 6.07) is 17.7. The highest BCUT2D eigenvalue weighted by Gasteiger charge is 2.08. The average Bonchev–Trinajstić information content (AvgIpc) is 2.59. The number of aryl methyl sites for hydroxylation is 3. The van der Waals surface area contributed by atoms with E-state index >= 15 is 0 Å². The van der Waals surface area contributed by atoms with Crippen molar-refractivity contribution in [2.24, 2.45) is 0 Å². The minimum atomic E-state index is 0.903. The molecule has 0 saturated heterocycles. The van der Waals surface area contributed by atoms with Crippen molar-refractivity contribution in [2.75, 3.05) is 0 Å². The first-order chi connectivity index (χ1) is 11.6. The summed E-state index contributed by atoms with van der Waals surface area (Å²) in [7, 11) is 0. The summed E-state index contributed by atoms with van der Waals surface area (Å²) in [5.74, 6) is 0. The van der Waals surface area contributed by atoms with Gasteiger partial charge >= 0.3 is 0 Å². The first-order valence-corrected chi connectivity index (χ1v) is 8.69. The second kappa shape index (κ2) is 9.08. The SMILES string of the molecule is C=CCC(CCc1ccc(C)cc1)=C(CC=C)c1ccc(C)cc1. The Morgan fingerprint density at radius 1 is 0.792 bits per heavy atom. The van der Waals surface area contributed by atoms with Crippen LogP contribution in [0, 0.1) is 13.8 Å². The maximum Gasteiger partial charge on any atom is -0.00945 e. The van der Waals surface area contributed by atoms with Gasteiger partial charge < -0.3 is 0 Å². The van der Waals surface area contributed by atoms with Gasteiger partial charge in [-0.25, -0.2) is 0 Å². The van der Waals surface area contributed by atoms with Crippen LogP contribution in [0.25, 0.3) is 5.57 Å². The zero-order chi connectivity index (χ0) is 17.4. The Labute approximate surface area is 147 Å². The first-order valence-electron chi connectivity index (χ1n) is 8.69. The zero-order valence-electron chi connectivity index (χ0n) is 15.0. The third kappa shape index (κ3) is 5.09. The Balaban J connectivity index is 2.29. The predicted molar refractivity (Wildman–Crippen MR) is 107 cm³/mol. The second-order valence-corrected chi connectivity index (χ2v) is 6.42. The molecule has 0 atom stereocenters. The molecule has 2 aromatic carbocycles. The number of hydrogen-bond donors (Lipinski definition) is 0. The highest BCUT2D eigenvalue weighted by Crippen LogP contribution is 2.28. The Kier molecular flexibility index (Phi) is 6.81. The molecule has 0 radical (unpaired) electrons. The Hall–Kier alpha value is -2.34. The smallest absolute Gasteiger partial charge is 0.00945 e. The second-order valence-electron chi connectivity index (χ2n) is 6.42. The molecule has 0 nitrogen and oxygen atoms in total. The molecule has 0 aromatic heterocycles. The van der Waals surface area contributed by atoms with E-state index < -0.39 is 0 Å². The van der Waals surface area contributed by atoms with Gasteiger partial charge in [-0.1, -0.05) is 77.4 Å². The van der Waals surface area contributed by atoms with Gasteiger partial charge in [0, 0.05) is 0 Å². The molecule has 0 aliphatic rings. The van der Waals surface area contributed by atoms with Crippen LogP contribution in [0.5, 0.6) is 0 Å². The van der Waals surface area contributed by atoms with Gasteiger partial charge in [-0.15, -0.1) is 13.2 Å². The third-order valence-corrected chi connectivity index (χ3v) is 4.40. The largest absolute Gasteiger partial charge is 0.103 e. The van der Waals surface area contributed by atoms with Crippen LogP contribution >= 0.6 is 0 Å². The standard InChI is InChI=1S/C24H28/c1-5-7-22(18-15-21-13-9-19(3)10-14-21)24(8-6-2)23-16-11-20(4)12-17-23/h5-6,9-14,16-17H,1-2,7-8,15,18H2,3-4H3. The Morgan fingerprint density at radius 3 is 1.88 bits per heavy atom. The maximum atomic E-state index is 3.96.